The van der Waals surface area contributed by atoms with Gasteiger partial charge in [-0.05, 0) is 196 Å². The van der Waals surface area contributed by atoms with Gasteiger partial charge in [-0.3, -0.25) is 0 Å². The molecule has 0 saturated carbocycles. The van der Waals surface area contributed by atoms with Gasteiger partial charge in [0.2, 0.25) is 0 Å². The minimum atomic E-state index is 0.0846. The van der Waals surface area contributed by atoms with Crippen molar-refractivity contribution >= 4 is 86.2 Å². The zero-order valence-corrected chi connectivity index (χ0v) is 40.2. The predicted molar refractivity (Wildman–Crippen MR) is 304 cm³/mol. The fraction of sp³-hybridized carbons (Fsp3) is 0.0857. The van der Waals surface area contributed by atoms with E-state index in [2.05, 4.69) is 247 Å². The molecule has 0 radical (unpaired) electrons. The van der Waals surface area contributed by atoms with Gasteiger partial charge in [0.25, 0.3) is 0 Å². The second kappa shape index (κ2) is 15.1. The normalized spacial score (nSPS) is 12.4. The Morgan fingerprint density at radius 3 is 1.29 bits per heavy atom. The maximum absolute atomic E-state index is 2.59. The summed E-state index contributed by atoms with van der Waals surface area (Å²) in [5.74, 6) is 0. The molecule has 70 heavy (non-hydrogen) atoms. The molecule has 0 spiro atoms. The Morgan fingerprint density at radius 1 is 0.257 bits per heavy atom. The van der Waals surface area contributed by atoms with Crippen molar-refractivity contribution in [2.75, 3.05) is 0 Å². The second-order valence-electron chi connectivity index (χ2n) is 20.8. The van der Waals surface area contributed by atoms with Crippen LogP contribution < -0.4 is 0 Å². The smallest absolute Gasteiger partial charge is 0.000697 e. The number of hydrogen-bond acceptors (Lipinski definition) is 0. The largest absolute Gasteiger partial charge is 0.0622 e. The lowest BCUT2D eigenvalue weighted by Crippen LogP contribution is -2.12. The third-order valence-electron chi connectivity index (χ3n) is 15.7. The first-order valence-corrected chi connectivity index (χ1v) is 24.8. The van der Waals surface area contributed by atoms with E-state index < -0.39 is 0 Å². The van der Waals surface area contributed by atoms with E-state index in [4.69, 9.17) is 0 Å². The highest BCUT2D eigenvalue weighted by Gasteiger charge is 2.28. The molecule has 0 aliphatic rings. The second-order valence-corrected chi connectivity index (χ2v) is 20.8. The van der Waals surface area contributed by atoms with Crippen LogP contribution in [-0.4, -0.2) is 0 Å². The van der Waals surface area contributed by atoms with Crippen molar-refractivity contribution < 1.29 is 0 Å². The fourth-order valence-electron chi connectivity index (χ4n) is 12.7. The van der Waals surface area contributed by atoms with Crippen LogP contribution in [0.2, 0.25) is 0 Å². The van der Waals surface area contributed by atoms with E-state index in [-0.39, 0.29) is 5.41 Å². The van der Waals surface area contributed by atoms with Gasteiger partial charge < -0.3 is 0 Å². The van der Waals surface area contributed by atoms with Gasteiger partial charge >= 0.3 is 0 Å². The summed E-state index contributed by atoms with van der Waals surface area (Å²) in [5, 5.41) is 20.9. The summed E-state index contributed by atoms with van der Waals surface area (Å²) in [4.78, 5) is 0. The fourth-order valence-corrected chi connectivity index (χ4v) is 12.7. The highest BCUT2D eigenvalue weighted by Crippen LogP contribution is 2.56. The molecule has 14 rings (SSSR count). The molecule has 0 heteroatoms. The lowest BCUT2D eigenvalue weighted by atomic mass is 9.82. The average molecular weight is 891 g/mol. The molecule has 0 fully saturated rings. The van der Waals surface area contributed by atoms with Gasteiger partial charge in [-0.2, -0.15) is 0 Å². The molecule has 0 bridgehead atoms. The molecule has 0 N–H and O–H groups in total. The molecule has 0 unspecified atom stereocenters. The zero-order valence-electron chi connectivity index (χ0n) is 40.2. The van der Waals surface area contributed by atoms with Crippen molar-refractivity contribution in [2.45, 2.75) is 40.0 Å². The molecule has 0 atom stereocenters. The van der Waals surface area contributed by atoms with E-state index in [0.29, 0.717) is 0 Å². The van der Waals surface area contributed by atoms with Crippen LogP contribution >= 0.6 is 0 Å². The van der Waals surface area contributed by atoms with Gasteiger partial charge in [-0.15, -0.1) is 0 Å². The molecule has 0 aliphatic heterocycles. The molecule has 14 aromatic rings. The summed E-state index contributed by atoms with van der Waals surface area (Å²) < 4.78 is 0. The minimum absolute atomic E-state index is 0.0846. The van der Waals surface area contributed by atoms with Gasteiger partial charge in [0.1, 0.15) is 0 Å². The van der Waals surface area contributed by atoms with Gasteiger partial charge in [0.15, 0.2) is 0 Å². The summed E-state index contributed by atoms with van der Waals surface area (Å²) in [7, 11) is 0. The first-order valence-electron chi connectivity index (χ1n) is 24.8. The summed E-state index contributed by atoms with van der Waals surface area (Å²) in [6, 6.07) is 80.4. The Balaban J connectivity index is 1.19. The quantitative estimate of drug-likeness (QED) is 0.151. The molecule has 330 valence electrons. The van der Waals surface area contributed by atoms with Crippen LogP contribution in [0.4, 0.5) is 0 Å². The lowest BCUT2D eigenvalue weighted by molar-refractivity contribution is 0.589. The van der Waals surface area contributed by atoms with E-state index in [9.17, 15) is 0 Å². The number of aryl methyl sites for hydroxylation is 2. The maximum Gasteiger partial charge on any atom is -0.000697 e. The molecule has 14 aromatic carbocycles. The third kappa shape index (κ3) is 5.83. The Bertz CT molecular complexity index is 4380. The van der Waals surface area contributed by atoms with Gasteiger partial charge in [0.05, 0.1) is 0 Å². The van der Waals surface area contributed by atoms with Crippen molar-refractivity contribution in [3.05, 3.63) is 229 Å². The summed E-state index contributed by atoms with van der Waals surface area (Å²) in [5.41, 5.74) is 16.8. The lowest BCUT2D eigenvalue weighted by Gasteiger charge is -2.22. The monoisotopic (exact) mass is 890 g/mol. The van der Waals surface area contributed by atoms with E-state index >= 15 is 0 Å². The number of rotatable bonds is 5. The van der Waals surface area contributed by atoms with Gasteiger partial charge in [-0.25, -0.2) is 0 Å². The molecule has 0 aliphatic carbocycles. The molecule has 0 heterocycles. The van der Waals surface area contributed by atoms with Crippen molar-refractivity contribution in [1.82, 2.24) is 0 Å². The Morgan fingerprint density at radius 2 is 0.714 bits per heavy atom. The van der Waals surface area contributed by atoms with E-state index in [0.717, 1.165) is 0 Å². The number of fused-ring (bicyclic) bond motifs is 10. The van der Waals surface area contributed by atoms with Crippen LogP contribution in [0.3, 0.4) is 0 Å². The van der Waals surface area contributed by atoms with E-state index in [1.54, 1.807) is 0 Å². The first-order chi connectivity index (χ1) is 34.2. The van der Waals surface area contributed by atoms with Crippen molar-refractivity contribution in [1.29, 1.82) is 0 Å². The summed E-state index contributed by atoms with van der Waals surface area (Å²) in [6.45, 7) is 11.5. The molecule has 0 saturated heterocycles. The highest BCUT2D eigenvalue weighted by molar-refractivity contribution is 6.47. The standard InChI is InChI=1S/C70H50/c1-41-36-49(70(3,4)5)37-42(2)60(41)48-33-32-47-38-57-63-52(56(47)39-48)28-18-31-55(63)68-61(45-24-14-8-15-25-45)58-40-59-64-53(29-19-30-54(64)67(58)62(69(57)68)46-26-16-9-17-27-46)65-50(43-20-10-6-11-21-43)34-35-51(66(59)65)44-22-12-7-13-23-44/h6-40H,1-5H3. The summed E-state index contributed by atoms with van der Waals surface area (Å²) in [6.07, 6.45) is 0. The van der Waals surface area contributed by atoms with Crippen molar-refractivity contribution in [3.8, 4) is 55.6 Å². The zero-order chi connectivity index (χ0) is 47.0. The number of benzene rings is 12. The van der Waals surface area contributed by atoms with E-state index in [1.165, 1.54) is 159 Å². The maximum atomic E-state index is 2.59. The molecule has 0 amide bonds. The SMILES string of the molecule is Cc1cc(C(C)(C)C)cc(C)c1-c1ccc2cc3c4c(-c5ccccc5)c5c(cc6c7c(-c8ccccc8)ccc(-c8ccccc8)c7c7cccc5c76)c(-c5ccccc5)c4c4cccc(c2c1)c43. The van der Waals surface area contributed by atoms with Crippen LogP contribution in [0, 0.1) is 13.8 Å². The molecular weight excluding hydrogens is 841 g/mol. The molecule has 0 nitrogen and oxygen atoms in total. The van der Waals surface area contributed by atoms with Crippen LogP contribution in [0.5, 0.6) is 0 Å². The summed E-state index contributed by atoms with van der Waals surface area (Å²) >= 11 is 0. The van der Waals surface area contributed by atoms with Crippen LogP contribution in [0.25, 0.3) is 142 Å². The average Bonchev–Trinajstić information content (AvgIpc) is 3.90. The highest BCUT2D eigenvalue weighted by atomic mass is 14.3. The molecule has 0 aromatic heterocycles. The van der Waals surface area contributed by atoms with Crippen molar-refractivity contribution in [3.63, 3.8) is 0 Å². The van der Waals surface area contributed by atoms with Crippen LogP contribution in [0.15, 0.2) is 212 Å². The van der Waals surface area contributed by atoms with E-state index in [1.807, 2.05) is 0 Å². The number of hydrogen-bond donors (Lipinski definition) is 0. The molecular formula is C70H50. The Hall–Kier alpha value is -8.32. The third-order valence-corrected chi connectivity index (χ3v) is 15.7. The first kappa shape index (κ1) is 40.7. The van der Waals surface area contributed by atoms with Crippen molar-refractivity contribution in [2.24, 2.45) is 0 Å². The van der Waals surface area contributed by atoms with Crippen LogP contribution in [0.1, 0.15) is 37.5 Å². The Labute approximate surface area is 408 Å². The topological polar surface area (TPSA) is 0 Å². The van der Waals surface area contributed by atoms with Gasteiger partial charge in [-0.1, -0.05) is 215 Å². The van der Waals surface area contributed by atoms with Crippen LogP contribution in [-0.2, 0) is 5.41 Å². The minimum Gasteiger partial charge on any atom is -0.0622 e. The Kier molecular flexibility index (Phi) is 8.78. The predicted octanol–water partition coefficient (Wildman–Crippen LogP) is 20.0. The van der Waals surface area contributed by atoms with Gasteiger partial charge in [0, 0.05) is 0 Å².